The van der Waals surface area contributed by atoms with Gasteiger partial charge in [-0.05, 0) is 43.4 Å². The van der Waals surface area contributed by atoms with Crippen molar-refractivity contribution in [2.24, 2.45) is 17.8 Å². The van der Waals surface area contributed by atoms with Crippen LogP contribution in [0.1, 0.15) is 51.9 Å². The number of nitrogens with one attached hydrogen (secondary N) is 1. The van der Waals surface area contributed by atoms with Crippen molar-refractivity contribution in [2.45, 2.75) is 58.0 Å². The van der Waals surface area contributed by atoms with Crippen LogP contribution in [0.4, 0.5) is 13.2 Å². The molecule has 1 heterocycles. The molecule has 0 unspecified atom stereocenters. The Labute approximate surface area is 141 Å². The lowest BCUT2D eigenvalue weighted by molar-refractivity contribution is -0.186. The second-order valence-corrected chi connectivity index (χ2v) is 7.38. The van der Waals surface area contributed by atoms with Crippen LogP contribution in [0.5, 0.6) is 0 Å². The molecule has 1 aliphatic carbocycles. The van der Waals surface area contributed by atoms with Crippen molar-refractivity contribution >= 4 is 11.8 Å². The highest BCUT2D eigenvalue weighted by Crippen LogP contribution is 2.30. The summed E-state index contributed by atoms with van der Waals surface area (Å²) in [6.07, 6.45) is 1.40. The molecule has 1 saturated carbocycles. The topological polar surface area (TPSA) is 49.4 Å². The lowest BCUT2D eigenvalue weighted by atomic mass is 9.81. The summed E-state index contributed by atoms with van der Waals surface area (Å²) in [5.41, 5.74) is 0. The zero-order valence-electron chi connectivity index (χ0n) is 14.2. The van der Waals surface area contributed by atoms with Crippen molar-refractivity contribution in [1.29, 1.82) is 0 Å². The predicted molar refractivity (Wildman–Crippen MR) is 84.1 cm³/mol. The first-order valence-corrected chi connectivity index (χ1v) is 8.88. The van der Waals surface area contributed by atoms with Crippen LogP contribution in [-0.2, 0) is 9.59 Å². The first-order valence-electron chi connectivity index (χ1n) is 8.88. The molecule has 0 aromatic heterocycles. The molecule has 2 amide bonds. The number of amides is 2. The van der Waals surface area contributed by atoms with Crippen molar-refractivity contribution in [1.82, 2.24) is 10.2 Å². The number of likely N-dealkylation sites (tertiary alicyclic amines) is 1. The number of alkyl halides is 3. The minimum absolute atomic E-state index is 0.0443. The molecule has 0 bridgehead atoms. The summed E-state index contributed by atoms with van der Waals surface area (Å²) in [7, 11) is 0. The van der Waals surface area contributed by atoms with Gasteiger partial charge in [0.05, 0.1) is 0 Å². The van der Waals surface area contributed by atoms with Crippen molar-refractivity contribution in [2.75, 3.05) is 19.6 Å². The minimum Gasteiger partial charge on any atom is -0.356 e. The maximum atomic E-state index is 12.4. The number of rotatable bonds is 4. The van der Waals surface area contributed by atoms with Gasteiger partial charge < -0.3 is 10.2 Å². The molecule has 1 N–H and O–H groups in total. The molecule has 7 heteroatoms. The van der Waals surface area contributed by atoms with Crippen LogP contribution in [0.15, 0.2) is 0 Å². The van der Waals surface area contributed by atoms with E-state index in [1.165, 1.54) is 12.8 Å². The van der Waals surface area contributed by atoms with Crippen LogP contribution in [0, 0.1) is 17.8 Å². The Hall–Kier alpha value is -1.27. The van der Waals surface area contributed by atoms with Crippen LogP contribution in [-0.4, -0.2) is 42.5 Å². The molecule has 138 valence electrons. The largest absolute Gasteiger partial charge is 0.471 e. The van der Waals surface area contributed by atoms with Crippen molar-refractivity contribution < 1.29 is 22.8 Å². The third-order valence-corrected chi connectivity index (χ3v) is 5.25. The molecule has 2 rings (SSSR count). The number of nitrogens with zero attached hydrogens (tertiary/aromatic N) is 1. The summed E-state index contributed by atoms with van der Waals surface area (Å²) in [5.74, 6) is -0.414. The Morgan fingerprint density at radius 1 is 1.08 bits per heavy atom. The molecular formula is C17H27F3N2O2. The first-order chi connectivity index (χ1) is 11.3. The maximum absolute atomic E-state index is 12.4. The number of carbonyl (C=O) groups is 2. The van der Waals surface area contributed by atoms with E-state index in [2.05, 4.69) is 12.2 Å². The van der Waals surface area contributed by atoms with Crippen molar-refractivity contribution in [3.63, 3.8) is 0 Å². The average Bonchev–Trinajstić information content (AvgIpc) is 2.52. The van der Waals surface area contributed by atoms with Crippen LogP contribution >= 0.6 is 0 Å². The highest BCUT2D eigenvalue weighted by molar-refractivity contribution is 5.81. The average molecular weight is 348 g/mol. The SMILES string of the molecule is C[C@H]1CCC[C@@H](CC(=O)NCC2CCN(C(=O)C(F)(F)F)CC2)C1. The Morgan fingerprint density at radius 3 is 2.33 bits per heavy atom. The Kier molecular flexibility index (Phi) is 6.52. The Balaban J connectivity index is 1.65. The van der Waals surface area contributed by atoms with E-state index in [4.69, 9.17) is 0 Å². The van der Waals surface area contributed by atoms with Crippen LogP contribution in [0.3, 0.4) is 0 Å². The highest BCUT2D eigenvalue weighted by Gasteiger charge is 2.43. The van der Waals surface area contributed by atoms with Gasteiger partial charge in [0.2, 0.25) is 5.91 Å². The fourth-order valence-electron chi connectivity index (χ4n) is 3.86. The fraction of sp³-hybridized carbons (Fsp3) is 0.882. The molecule has 2 atom stereocenters. The summed E-state index contributed by atoms with van der Waals surface area (Å²) in [6.45, 7) is 2.94. The van der Waals surface area contributed by atoms with Gasteiger partial charge in [0.15, 0.2) is 0 Å². The molecule has 24 heavy (non-hydrogen) atoms. The van der Waals surface area contributed by atoms with Crippen molar-refractivity contribution in [3.05, 3.63) is 0 Å². The van der Waals surface area contributed by atoms with Crippen LogP contribution in [0.25, 0.3) is 0 Å². The molecule has 2 fully saturated rings. The fourth-order valence-corrected chi connectivity index (χ4v) is 3.86. The van der Waals surface area contributed by atoms with E-state index in [-0.39, 0.29) is 24.9 Å². The number of piperidine rings is 1. The molecule has 2 aliphatic rings. The van der Waals surface area contributed by atoms with Crippen LogP contribution in [0.2, 0.25) is 0 Å². The standard InChI is InChI=1S/C17H27F3N2O2/c1-12-3-2-4-14(9-12)10-15(23)21-11-13-5-7-22(8-6-13)16(24)17(18,19)20/h12-14H,2-11H2,1H3,(H,21,23)/t12-,14+/m0/s1. The van der Waals surface area contributed by atoms with Gasteiger partial charge in [-0.2, -0.15) is 13.2 Å². The Morgan fingerprint density at radius 2 is 1.75 bits per heavy atom. The van der Waals surface area contributed by atoms with E-state index < -0.39 is 12.1 Å². The van der Waals surface area contributed by atoms with Crippen molar-refractivity contribution in [3.8, 4) is 0 Å². The normalized spacial score (nSPS) is 26.2. The molecule has 0 radical (unpaired) electrons. The van der Waals surface area contributed by atoms with E-state index in [0.717, 1.165) is 17.7 Å². The van der Waals surface area contributed by atoms with Gasteiger partial charge in [0.1, 0.15) is 0 Å². The van der Waals surface area contributed by atoms with E-state index in [1.54, 1.807) is 0 Å². The van der Waals surface area contributed by atoms with Gasteiger partial charge in [0, 0.05) is 26.1 Å². The molecule has 4 nitrogen and oxygen atoms in total. The minimum atomic E-state index is -4.79. The second-order valence-electron chi connectivity index (χ2n) is 7.38. The monoisotopic (exact) mass is 348 g/mol. The zero-order chi connectivity index (χ0) is 17.7. The van der Waals surface area contributed by atoms with E-state index in [0.29, 0.717) is 37.6 Å². The summed E-state index contributed by atoms with van der Waals surface area (Å²) in [5, 5.41) is 2.92. The molecule has 0 spiro atoms. The van der Waals surface area contributed by atoms with Gasteiger partial charge in [-0.1, -0.05) is 19.8 Å². The smallest absolute Gasteiger partial charge is 0.356 e. The van der Waals surface area contributed by atoms with Gasteiger partial charge >= 0.3 is 12.1 Å². The number of halogens is 3. The van der Waals surface area contributed by atoms with E-state index in [9.17, 15) is 22.8 Å². The second kappa shape index (κ2) is 8.21. The predicted octanol–water partition coefficient (Wildman–Crippen LogP) is 3.12. The summed E-state index contributed by atoms with van der Waals surface area (Å²) in [6, 6.07) is 0. The molecular weight excluding hydrogens is 321 g/mol. The van der Waals surface area contributed by atoms with Gasteiger partial charge in [-0.3, -0.25) is 9.59 Å². The first kappa shape index (κ1) is 19.1. The van der Waals surface area contributed by atoms with Gasteiger partial charge in [-0.15, -0.1) is 0 Å². The number of hydrogen-bond donors (Lipinski definition) is 1. The number of hydrogen-bond acceptors (Lipinski definition) is 2. The molecule has 1 saturated heterocycles. The van der Waals surface area contributed by atoms with Gasteiger partial charge in [0.25, 0.3) is 0 Å². The summed E-state index contributed by atoms with van der Waals surface area (Å²) < 4.78 is 37.2. The van der Waals surface area contributed by atoms with Gasteiger partial charge in [-0.25, -0.2) is 0 Å². The zero-order valence-corrected chi connectivity index (χ0v) is 14.2. The third-order valence-electron chi connectivity index (χ3n) is 5.25. The van der Waals surface area contributed by atoms with E-state index in [1.807, 2.05) is 0 Å². The lowest BCUT2D eigenvalue weighted by Crippen LogP contribution is -2.46. The number of carbonyl (C=O) groups excluding carboxylic acids is 2. The third kappa shape index (κ3) is 5.67. The summed E-state index contributed by atoms with van der Waals surface area (Å²) >= 11 is 0. The Bertz CT molecular complexity index is 446. The lowest BCUT2D eigenvalue weighted by Gasteiger charge is -2.32. The molecule has 0 aromatic rings. The van der Waals surface area contributed by atoms with Crippen LogP contribution < -0.4 is 5.32 Å². The van der Waals surface area contributed by atoms with E-state index >= 15 is 0 Å². The summed E-state index contributed by atoms with van der Waals surface area (Å²) in [4.78, 5) is 24.1. The highest BCUT2D eigenvalue weighted by atomic mass is 19.4. The molecule has 1 aliphatic heterocycles. The maximum Gasteiger partial charge on any atom is 0.471 e. The quantitative estimate of drug-likeness (QED) is 0.849. The molecule has 0 aromatic carbocycles.